The number of carboxylic acid groups (broad SMARTS) is 1. The Kier molecular flexibility index (Phi) is 11.0. The third kappa shape index (κ3) is 7.33. The summed E-state index contributed by atoms with van der Waals surface area (Å²) < 4.78 is 58.3. The first-order valence-electron chi connectivity index (χ1n) is 14.4. The highest BCUT2D eigenvalue weighted by Gasteiger charge is 2.32. The molecule has 1 amide bonds. The molecule has 0 aliphatic carbocycles. The monoisotopic (exact) mass is 663 g/mol. The summed E-state index contributed by atoms with van der Waals surface area (Å²) in [7, 11) is 3.97. The third-order valence-electron chi connectivity index (χ3n) is 7.62. The van der Waals surface area contributed by atoms with Gasteiger partial charge in [-0.1, -0.05) is 13.8 Å². The van der Waals surface area contributed by atoms with Crippen molar-refractivity contribution in [3.05, 3.63) is 45.8 Å². The molecule has 0 bridgehead atoms. The molecule has 0 saturated heterocycles. The molecule has 1 N–H and O–H groups in total. The first kappa shape index (κ1) is 34.4. The molecule has 0 radical (unpaired) electrons. The van der Waals surface area contributed by atoms with Gasteiger partial charge in [0.1, 0.15) is 0 Å². The lowest BCUT2D eigenvalue weighted by Gasteiger charge is -2.17. The smallest absolute Gasteiger partial charge is 0.308 e. The van der Waals surface area contributed by atoms with E-state index in [1.54, 1.807) is 19.1 Å². The highest BCUT2D eigenvalue weighted by molar-refractivity contribution is 7.20. The second kappa shape index (κ2) is 14.8. The molecule has 3 aromatic rings. The maximum Gasteiger partial charge on any atom is 0.308 e. The van der Waals surface area contributed by atoms with E-state index in [4.69, 9.17) is 24.1 Å². The van der Waals surface area contributed by atoms with Gasteiger partial charge in [0.2, 0.25) is 5.91 Å². The Balaban J connectivity index is 1.40. The zero-order valence-electron chi connectivity index (χ0n) is 26.1. The standard InChI is InChI=1S/C32H35F2NO10S/c1-16(31(38)39)9-21(36)25-12-19-24(46-25)13-23(42-4)30(27(19)33)45-8-6-7-44-29-22(41-3)11-18-14-35(15-20(18)28(29)34)26(37)10-17(2)32(40)43-5/h11-13,16-17H,6-10,14-15H2,1-5H3,(H,38,39). The second-order valence-corrected chi connectivity index (χ2v) is 12.0. The van der Waals surface area contributed by atoms with E-state index in [9.17, 15) is 19.2 Å². The van der Waals surface area contributed by atoms with Gasteiger partial charge in [0.05, 0.1) is 51.3 Å². The van der Waals surface area contributed by atoms with Gasteiger partial charge in [0.25, 0.3) is 0 Å². The number of amides is 1. The molecule has 14 heteroatoms. The SMILES string of the molecule is COC(=O)C(C)CC(=O)N1Cc2cc(OC)c(OCCCOc3c(OC)cc4sc(C(=O)CC(C)C(=O)O)cc4c3F)c(F)c2C1. The van der Waals surface area contributed by atoms with Crippen molar-refractivity contribution in [1.29, 1.82) is 0 Å². The molecule has 2 aromatic carbocycles. The van der Waals surface area contributed by atoms with Gasteiger partial charge < -0.3 is 33.7 Å². The number of carbonyl (C=O) groups is 4. The van der Waals surface area contributed by atoms with Crippen LogP contribution in [0.15, 0.2) is 18.2 Å². The molecule has 2 atom stereocenters. The number of ether oxygens (including phenoxy) is 5. The number of Topliss-reactive ketones (excluding diaryl/α,β-unsaturated/α-hetero) is 1. The first-order chi connectivity index (χ1) is 21.9. The summed E-state index contributed by atoms with van der Waals surface area (Å²) in [4.78, 5) is 49.8. The normalized spacial score (nSPS) is 13.6. The van der Waals surface area contributed by atoms with E-state index in [1.165, 1.54) is 39.2 Å². The molecule has 1 aromatic heterocycles. The van der Waals surface area contributed by atoms with Crippen LogP contribution in [0, 0.1) is 23.5 Å². The Morgan fingerprint density at radius 2 is 1.52 bits per heavy atom. The van der Waals surface area contributed by atoms with E-state index in [2.05, 4.69) is 4.74 Å². The van der Waals surface area contributed by atoms with Crippen LogP contribution in [-0.2, 0) is 32.2 Å². The van der Waals surface area contributed by atoms with Crippen LogP contribution < -0.4 is 18.9 Å². The van der Waals surface area contributed by atoms with E-state index in [1.807, 2.05) is 0 Å². The molecule has 1 aliphatic rings. The molecule has 0 saturated carbocycles. The Morgan fingerprint density at radius 3 is 2.13 bits per heavy atom. The van der Waals surface area contributed by atoms with Crippen molar-refractivity contribution in [2.24, 2.45) is 11.8 Å². The molecule has 0 fully saturated rings. The topological polar surface area (TPSA) is 138 Å². The van der Waals surface area contributed by atoms with Crippen LogP contribution in [0.25, 0.3) is 10.1 Å². The van der Waals surface area contributed by atoms with Crippen LogP contribution in [-0.4, -0.2) is 68.2 Å². The van der Waals surface area contributed by atoms with Gasteiger partial charge in [-0.3, -0.25) is 19.2 Å². The van der Waals surface area contributed by atoms with E-state index in [-0.39, 0.29) is 90.3 Å². The van der Waals surface area contributed by atoms with Gasteiger partial charge in [-0.25, -0.2) is 8.78 Å². The number of benzene rings is 2. The van der Waals surface area contributed by atoms with Gasteiger partial charge in [-0.05, 0) is 17.7 Å². The van der Waals surface area contributed by atoms with E-state index in [0.29, 0.717) is 10.3 Å². The minimum Gasteiger partial charge on any atom is -0.493 e. The number of esters is 1. The molecule has 2 heterocycles. The summed E-state index contributed by atoms with van der Waals surface area (Å²) in [6, 6.07) is 4.53. The molecular formula is C32H35F2NO10S. The number of nitrogens with zero attached hydrogens (tertiary/aromatic N) is 1. The predicted octanol–water partition coefficient (Wildman–Crippen LogP) is 5.38. The number of aliphatic carboxylic acids is 1. The van der Waals surface area contributed by atoms with E-state index < -0.39 is 41.2 Å². The molecule has 11 nitrogen and oxygen atoms in total. The van der Waals surface area contributed by atoms with Gasteiger partial charge >= 0.3 is 11.9 Å². The van der Waals surface area contributed by atoms with Crippen LogP contribution in [0.1, 0.15) is 53.9 Å². The highest BCUT2D eigenvalue weighted by Crippen LogP contribution is 2.41. The number of hydrogen-bond acceptors (Lipinski definition) is 10. The first-order valence-corrected chi connectivity index (χ1v) is 15.3. The summed E-state index contributed by atoms with van der Waals surface area (Å²) in [5.74, 6) is -5.27. The van der Waals surface area contributed by atoms with Gasteiger partial charge in [-0.15, -0.1) is 11.3 Å². The Hall–Kier alpha value is -4.46. The number of methoxy groups -OCH3 is 3. The molecule has 248 valence electrons. The summed E-state index contributed by atoms with van der Waals surface area (Å²) >= 11 is 1.03. The quantitative estimate of drug-likeness (QED) is 0.128. The van der Waals surface area contributed by atoms with Gasteiger partial charge in [0.15, 0.2) is 40.4 Å². The largest absolute Gasteiger partial charge is 0.493 e. The number of hydrogen-bond donors (Lipinski definition) is 1. The zero-order chi connectivity index (χ0) is 33.7. The number of fused-ring (bicyclic) bond motifs is 2. The molecular weight excluding hydrogens is 628 g/mol. The molecule has 2 unspecified atom stereocenters. The minimum absolute atomic E-state index is 0.00733. The van der Waals surface area contributed by atoms with Crippen molar-refractivity contribution in [2.75, 3.05) is 34.5 Å². The number of ketones is 1. The lowest BCUT2D eigenvalue weighted by atomic mass is 10.0. The summed E-state index contributed by atoms with van der Waals surface area (Å²) in [6.45, 7) is 3.13. The van der Waals surface area contributed by atoms with Gasteiger partial charge in [0, 0.05) is 54.1 Å². The van der Waals surface area contributed by atoms with Crippen molar-refractivity contribution in [3.8, 4) is 23.0 Å². The van der Waals surface area contributed by atoms with Crippen LogP contribution in [0.5, 0.6) is 23.0 Å². The maximum atomic E-state index is 15.6. The number of thiophene rings is 1. The number of halogens is 2. The summed E-state index contributed by atoms with van der Waals surface area (Å²) in [6.07, 6.45) is -0.0673. The fourth-order valence-electron chi connectivity index (χ4n) is 5.00. The number of rotatable bonds is 15. The van der Waals surface area contributed by atoms with Crippen LogP contribution >= 0.6 is 11.3 Å². The van der Waals surface area contributed by atoms with Crippen molar-refractivity contribution in [3.63, 3.8) is 0 Å². The third-order valence-corrected chi connectivity index (χ3v) is 8.74. The molecule has 1 aliphatic heterocycles. The predicted molar refractivity (Wildman–Crippen MR) is 163 cm³/mol. The number of carboxylic acids is 1. The lowest BCUT2D eigenvalue weighted by Crippen LogP contribution is -2.29. The molecule has 4 rings (SSSR count). The Morgan fingerprint density at radius 1 is 0.891 bits per heavy atom. The average molecular weight is 664 g/mol. The Labute approximate surface area is 267 Å². The van der Waals surface area contributed by atoms with E-state index in [0.717, 1.165) is 11.3 Å². The maximum absolute atomic E-state index is 15.6. The molecule has 0 spiro atoms. The fraction of sp³-hybridized carbons (Fsp3) is 0.438. The van der Waals surface area contributed by atoms with Crippen molar-refractivity contribution in [1.82, 2.24) is 4.90 Å². The summed E-state index contributed by atoms with van der Waals surface area (Å²) in [5, 5.41) is 9.24. The van der Waals surface area contributed by atoms with Crippen LogP contribution in [0.2, 0.25) is 0 Å². The summed E-state index contributed by atoms with van der Waals surface area (Å²) in [5.41, 5.74) is 0.856. The average Bonchev–Trinajstić information content (AvgIpc) is 3.67. The van der Waals surface area contributed by atoms with Crippen molar-refractivity contribution in [2.45, 2.75) is 46.2 Å². The van der Waals surface area contributed by atoms with Crippen LogP contribution in [0.3, 0.4) is 0 Å². The Bertz CT molecular complexity index is 1660. The number of carbonyl (C=O) groups excluding carboxylic acids is 3. The van der Waals surface area contributed by atoms with Gasteiger partial charge in [-0.2, -0.15) is 0 Å². The second-order valence-electron chi connectivity index (χ2n) is 10.9. The van der Waals surface area contributed by atoms with Crippen molar-refractivity contribution < 1.29 is 56.7 Å². The lowest BCUT2D eigenvalue weighted by molar-refractivity contribution is -0.148. The highest BCUT2D eigenvalue weighted by atomic mass is 32.1. The zero-order valence-corrected chi connectivity index (χ0v) is 26.9. The van der Waals surface area contributed by atoms with E-state index >= 15 is 8.78 Å². The van der Waals surface area contributed by atoms with Crippen molar-refractivity contribution >= 4 is 45.1 Å². The minimum atomic E-state index is -1.10. The van der Waals surface area contributed by atoms with Crippen LogP contribution in [0.4, 0.5) is 8.78 Å². The molecule has 46 heavy (non-hydrogen) atoms. The fourth-order valence-corrected chi connectivity index (χ4v) is 6.03.